The first-order chi connectivity index (χ1) is 8.34. The number of hydrogen-bond acceptors (Lipinski definition) is 4. The minimum atomic E-state index is -0.907. The second-order valence-electron chi connectivity index (χ2n) is 4.64. The van der Waals surface area contributed by atoms with Crippen LogP contribution in [0.3, 0.4) is 0 Å². The highest BCUT2D eigenvalue weighted by atomic mass is 16.4. The van der Waals surface area contributed by atoms with E-state index in [4.69, 9.17) is 5.11 Å². The quantitative estimate of drug-likeness (QED) is 0.827. The van der Waals surface area contributed by atoms with Gasteiger partial charge in [0.2, 0.25) is 0 Å². The van der Waals surface area contributed by atoms with E-state index < -0.39 is 11.9 Å². The Hall–Kier alpha value is -1.85. The predicted octanol–water partition coefficient (Wildman–Crippen LogP) is 1.35. The summed E-state index contributed by atoms with van der Waals surface area (Å²) in [6.07, 6.45) is 3.14. The molecular formula is C12H19N3O3. The first kappa shape index (κ1) is 14.2. The van der Waals surface area contributed by atoms with Gasteiger partial charge in [-0.25, -0.2) is 4.98 Å². The Labute approximate surface area is 106 Å². The summed E-state index contributed by atoms with van der Waals surface area (Å²) in [5.41, 5.74) is -0.239. The molecule has 6 nitrogen and oxygen atoms in total. The highest BCUT2D eigenvalue weighted by Crippen LogP contribution is 2.08. The third-order valence-electron chi connectivity index (χ3n) is 2.93. The lowest BCUT2D eigenvalue weighted by Crippen LogP contribution is -2.34. The van der Waals surface area contributed by atoms with Crippen molar-refractivity contribution in [3.05, 3.63) is 22.7 Å². The molecule has 0 radical (unpaired) electrons. The van der Waals surface area contributed by atoms with Crippen LogP contribution < -0.4 is 10.9 Å². The topological polar surface area (TPSA) is 84.2 Å². The van der Waals surface area contributed by atoms with E-state index in [2.05, 4.69) is 10.3 Å². The zero-order chi connectivity index (χ0) is 13.9. The van der Waals surface area contributed by atoms with Crippen LogP contribution >= 0.6 is 0 Å². The molecule has 2 unspecified atom stereocenters. The molecule has 0 aliphatic carbocycles. The third-order valence-corrected chi connectivity index (χ3v) is 2.93. The molecule has 0 amide bonds. The van der Waals surface area contributed by atoms with Gasteiger partial charge in [-0.2, -0.15) is 0 Å². The van der Waals surface area contributed by atoms with Crippen LogP contribution in [0.4, 0.5) is 5.82 Å². The molecule has 1 aromatic heterocycles. The largest absolute Gasteiger partial charge is 0.481 e. The van der Waals surface area contributed by atoms with Gasteiger partial charge in [-0.05, 0) is 27.7 Å². The van der Waals surface area contributed by atoms with Crippen molar-refractivity contribution in [3.63, 3.8) is 0 Å². The van der Waals surface area contributed by atoms with Gasteiger partial charge < -0.3 is 15.0 Å². The van der Waals surface area contributed by atoms with Gasteiger partial charge in [0.15, 0.2) is 5.82 Å². The van der Waals surface area contributed by atoms with Crippen molar-refractivity contribution in [2.75, 3.05) is 5.32 Å². The van der Waals surface area contributed by atoms with E-state index in [1.165, 1.54) is 6.20 Å². The van der Waals surface area contributed by atoms with Crippen molar-refractivity contribution >= 4 is 11.8 Å². The zero-order valence-electron chi connectivity index (χ0n) is 11.0. The summed E-state index contributed by atoms with van der Waals surface area (Å²) in [6, 6.07) is -0.334. The number of rotatable bonds is 5. The van der Waals surface area contributed by atoms with E-state index >= 15 is 0 Å². The molecule has 2 atom stereocenters. The van der Waals surface area contributed by atoms with E-state index in [1.54, 1.807) is 24.6 Å². The van der Waals surface area contributed by atoms with Gasteiger partial charge in [0.05, 0.1) is 5.92 Å². The van der Waals surface area contributed by atoms with Crippen molar-refractivity contribution < 1.29 is 9.90 Å². The number of carboxylic acid groups (broad SMARTS) is 1. The Kier molecular flexibility index (Phi) is 4.47. The Balaban J connectivity index is 2.96. The van der Waals surface area contributed by atoms with Crippen LogP contribution in [-0.4, -0.2) is 26.7 Å². The Morgan fingerprint density at radius 3 is 2.50 bits per heavy atom. The Morgan fingerprint density at radius 1 is 1.39 bits per heavy atom. The summed E-state index contributed by atoms with van der Waals surface area (Å²) in [7, 11) is 0. The van der Waals surface area contributed by atoms with Crippen molar-refractivity contribution in [1.82, 2.24) is 9.55 Å². The van der Waals surface area contributed by atoms with Gasteiger partial charge in [0.25, 0.3) is 5.56 Å². The van der Waals surface area contributed by atoms with Gasteiger partial charge in [-0.15, -0.1) is 0 Å². The fraction of sp³-hybridized carbons (Fsp3) is 0.583. The van der Waals surface area contributed by atoms with E-state index in [0.29, 0.717) is 0 Å². The second kappa shape index (κ2) is 5.66. The monoisotopic (exact) mass is 253 g/mol. The lowest BCUT2D eigenvalue weighted by atomic mass is 10.0. The number of nitrogens with zero attached hydrogens (tertiary/aromatic N) is 2. The molecule has 2 N–H and O–H groups in total. The summed E-state index contributed by atoms with van der Waals surface area (Å²) < 4.78 is 1.55. The van der Waals surface area contributed by atoms with Crippen LogP contribution in [0.1, 0.15) is 33.7 Å². The van der Waals surface area contributed by atoms with Gasteiger partial charge in [0, 0.05) is 24.5 Å². The van der Waals surface area contributed by atoms with Crippen LogP contribution in [0, 0.1) is 5.92 Å². The lowest BCUT2D eigenvalue weighted by molar-refractivity contribution is -0.141. The molecule has 6 heteroatoms. The number of carboxylic acids is 1. The summed E-state index contributed by atoms with van der Waals surface area (Å²) in [5, 5.41) is 11.8. The standard InChI is InChI=1S/C12H19N3O3/c1-7(2)15-6-5-13-10(11(15)16)14-9(4)8(3)12(17)18/h5-9H,1-4H3,(H,13,14)(H,17,18). The number of hydrogen-bond donors (Lipinski definition) is 2. The summed E-state index contributed by atoms with van der Waals surface area (Å²) in [5.74, 6) is -1.32. The number of anilines is 1. The molecular weight excluding hydrogens is 234 g/mol. The van der Waals surface area contributed by atoms with Gasteiger partial charge in [-0.3, -0.25) is 9.59 Å². The first-order valence-corrected chi connectivity index (χ1v) is 5.91. The van der Waals surface area contributed by atoms with E-state index in [-0.39, 0.29) is 23.5 Å². The molecule has 0 bridgehead atoms. The highest BCUT2D eigenvalue weighted by molar-refractivity contribution is 5.70. The SMILES string of the molecule is CC(Nc1nccn(C(C)C)c1=O)C(C)C(=O)O. The zero-order valence-corrected chi connectivity index (χ0v) is 11.0. The number of aliphatic carboxylic acids is 1. The van der Waals surface area contributed by atoms with Crippen LogP contribution in [0.5, 0.6) is 0 Å². The minimum absolute atomic E-state index is 0.0354. The summed E-state index contributed by atoms with van der Waals surface area (Å²) in [4.78, 5) is 26.8. The molecule has 1 aromatic rings. The molecule has 1 rings (SSSR count). The van der Waals surface area contributed by atoms with Crippen LogP contribution in [0.25, 0.3) is 0 Å². The van der Waals surface area contributed by atoms with Crippen molar-refractivity contribution in [3.8, 4) is 0 Å². The normalized spacial score (nSPS) is 14.3. The van der Waals surface area contributed by atoms with Gasteiger partial charge in [-0.1, -0.05) is 0 Å². The molecule has 0 saturated heterocycles. The molecule has 0 aliphatic heterocycles. The Morgan fingerprint density at radius 2 is 2.00 bits per heavy atom. The molecule has 0 aliphatic rings. The first-order valence-electron chi connectivity index (χ1n) is 5.91. The maximum atomic E-state index is 12.0. The van der Waals surface area contributed by atoms with Crippen LogP contribution in [0.15, 0.2) is 17.2 Å². The molecule has 100 valence electrons. The van der Waals surface area contributed by atoms with E-state index in [9.17, 15) is 9.59 Å². The fourth-order valence-corrected chi connectivity index (χ4v) is 1.49. The third kappa shape index (κ3) is 3.09. The number of nitrogens with one attached hydrogen (secondary N) is 1. The van der Waals surface area contributed by atoms with Crippen LogP contribution in [-0.2, 0) is 4.79 Å². The Bertz CT molecular complexity index is 482. The minimum Gasteiger partial charge on any atom is -0.481 e. The average Bonchev–Trinajstić information content (AvgIpc) is 2.30. The summed E-state index contributed by atoms with van der Waals surface area (Å²) in [6.45, 7) is 7.10. The highest BCUT2D eigenvalue weighted by Gasteiger charge is 2.20. The van der Waals surface area contributed by atoms with Gasteiger partial charge in [0.1, 0.15) is 0 Å². The fourth-order valence-electron chi connectivity index (χ4n) is 1.49. The number of carbonyl (C=O) groups is 1. The van der Waals surface area contributed by atoms with Crippen molar-refractivity contribution in [1.29, 1.82) is 0 Å². The molecule has 0 aromatic carbocycles. The molecule has 0 saturated carbocycles. The smallest absolute Gasteiger partial charge is 0.308 e. The summed E-state index contributed by atoms with van der Waals surface area (Å²) >= 11 is 0. The predicted molar refractivity (Wildman–Crippen MR) is 68.8 cm³/mol. The molecule has 0 spiro atoms. The van der Waals surface area contributed by atoms with Gasteiger partial charge >= 0.3 is 5.97 Å². The molecule has 0 fully saturated rings. The molecule has 1 heterocycles. The van der Waals surface area contributed by atoms with E-state index in [0.717, 1.165) is 0 Å². The lowest BCUT2D eigenvalue weighted by Gasteiger charge is -2.19. The average molecular weight is 253 g/mol. The van der Waals surface area contributed by atoms with E-state index in [1.807, 2.05) is 13.8 Å². The second-order valence-corrected chi connectivity index (χ2v) is 4.64. The number of aromatic nitrogens is 2. The maximum Gasteiger partial charge on any atom is 0.308 e. The van der Waals surface area contributed by atoms with Crippen molar-refractivity contribution in [2.24, 2.45) is 5.92 Å². The van der Waals surface area contributed by atoms with Crippen molar-refractivity contribution in [2.45, 2.75) is 39.8 Å². The molecule has 18 heavy (non-hydrogen) atoms. The maximum absolute atomic E-state index is 12.0. The van der Waals surface area contributed by atoms with Crippen LogP contribution in [0.2, 0.25) is 0 Å².